The predicted octanol–water partition coefficient (Wildman–Crippen LogP) is 3.43. The summed E-state index contributed by atoms with van der Waals surface area (Å²) in [7, 11) is 2.08. The van der Waals surface area contributed by atoms with Crippen molar-refractivity contribution in [2.24, 2.45) is 0 Å². The molecule has 0 bridgehead atoms. The third-order valence-electron chi connectivity index (χ3n) is 4.22. The lowest BCUT2D eigenvalue weighted by atomic mass is 10.1. The topological polar surface area (TPSA) is 41.6 Å². The standard InChI is InChI=1S/C18H20F2N2O2S/c1-22-6-4-14(5-7-22)21-18(23)17-8-12(11-25-17)10-24-16-3-2-13(19)9-15(16)20/h2-3,8-9,11,14H,4-7,10H2,1H3,(H,21,23). The van der Waals surface area contributed by atoms with Gasteiger partial charge in [0.2, 0.25) is 0 Å². The number of hydrogen-bond donors (Lipinski definition) is 1. The molecule has 1 aliphatic heterocycles. The van der Waals surface area contributed by atoms with Gasteiger partial charge in [-0.3, -0.25) is 4.79 Å². The average molecular weight is 366 g/mol. The van der Waals surface area contributed by atoms with Crippen molar-refractivity contribution in [3.8, 4) is 5.75 Å². The molecular formula is C18H20F2N2O2S. The van der Waals surface area contributed by atoms with E-state index in [4.69, 9.17) is 4.74 Å². The normalized spacial score (nSPS) is 16.0. The number of nitrogens with one attached hydrogen (secondary N) is 1. The van der Waals surface area contributed by atoms with Crippen LogP contribution in [0.15, 0.2) is 29.6 Å². The summed E-state index contributed by atoms with van der Waals surface area (Å²) in [5, 5.41) is 4.87. The lowest BCUT2D eigenvalue weighted by Crippen LogP contribution is -2.43. The molecule has 1 aromatic carbocycles. The van der Waals surface area contributed by atoms with Crippen molar-refractivity contribution in [2.75, 3.05) is 20.1 Å². The Morgan fingerprint density at radius 3 is 2.80 bits per heavy atom. The fraction of sp³-hybridized carbons (Fsp3) is 0.389. The van der Waals surface area contributed by atoms with Gasteiger partial charge in [-0.25, -0.2) is 8.78 Å². The van der Waals surface area contributed by atoms with Crippen LogP contribution in [0.25, 0.3) is 0 Å². The molecule has 2 aromatic rings. The second-order valence-corrected chi connectivity index (χ2v) is 7.14. The van der Waals surface area contributed by atoms with Crippen molar-refractivity contribution < 1.29 is 18.3 Å². The van der Waals surface area contributed by atoms with E-state index in [0.717, 1.165) is 43.6 Å². The van der Waals surface area contributed by atoms with E-state index < -0.39 is 11.6 Å². The molecule has 2 heterocycles. The molecule has 0 saturated carbocycles. The molecule has 25 heavy (non-hydrogen) atoms. The number of carbonyl (C=O) groups excluding carboxylic acids is 1. The van der Waals surface area contributed by atoms with Crippen LogP contribution in [0.5, 0.6) is 5.75 Å². The van der Waals surface area contributed by atoms with Gasteiger partial charge in [-0.2, -0.15) is 0 Å². The minimum absolute atomic E-state index is 0.00933. The van der Waals surface area contributed by atoms with Crippen molar-refractivity contribution in [1.82, 2.24) is 10.2 Å². The SMILES string of the molecule is CN1CCC(NC(=O)c2cc(COc3ccc(F)cc3F)cs2)CC1. The van der Waals surface area contributed by atoms with Gasteiger partial charge in [0.05, 0.1) is 4.88 Å². The molecule has 0 spiro atoms. The molecule has 0 unspecified atom stereocenters. The predicted molar refractivity (Wildman–Crippen MR) is 93.0 cm³/mol. The maximum absolute atomic E-state index is 13.5. The number of piperidine rings is 1. The first-order valence-corrected chi connectivity index (χ1v) is 9.04. The Labute approximate surface area is 149 Å². The fourth-order valence-corrected chi connectivity index (χ4v) is 3.53. The number of thiophene rings is 1. The molecule has 1 aromatic heterocycles. The third kappa shape index (κ3) is 4.76. The summed E-state index contributed by atoms with van der Waals surface area (Å²) in [4.78, 5) is 15.2. The van der Waals surface area contributed by atoms with E-state index in [-0.39, 0.29) is 24.3 Å². The van der Waals surface area contributed by atoms with Crippen LogP contribution in [0.3, 0.4) is 0 Å². The summed E-state index contributed by atoms with van der Waals surface area (Å²) < 4.78 is 31.8. The van der Waals surface area contributed by atoms with Gasteiger partial charge in [0.15, 0.2) is 11.6 Å². The van der Waals surface area contributed by atoms with E-state index in [2.05, 4.69) is 17.3 Å². The molecule has 0 radical (unpaired) electrons. The summed E-state index contributed by atoms with van der Waals surface area (Å²) in [6.45, 7) is 2.09. The second kappa shape index (κ2) is 7.93. The number of rotatable bonds is 5. The highest BCUT2D eigenvalue weighted by Crippen LogP contribution is 2.21. The number of amides is 1. The first-order valence-electron chi connectivity index (χ1n) is 8.16. The quantitative estimate of drug-likeness (QED) is 0.882. The highest BCUT2D eigenvalue weighted by molar-refractivity contribution is 7.12. The van der Waals surface area contributed by atoms with Gasteiger partial charge in [0, 0.05) is 17.7 Å². The summed E-state index contributed by atoms with van der Waals surface area (Å²) in [6, 6.07) is 5.13. The molecule has 1 saturated heterocycles. The van der Waals surface area contributed by atoms with Gasteiger partial charge < -0.3 is 15.0 Å². The van der Waals surface area contributed by atoms with Crippen LogP contribution in [0.2, 0.25) is 0 Å². The van der Waals surface area contributed by atoms with E-state index in [1.165, 1.54) is 17.4 Å². The Morgan fingerprint density at radius 2 is 2.08 bits per heavy atom. The molecule has 3 rings (SSSR count). The smallest absolute Gasteiger partial charge is 0.261 e. The summed E-state index contributed by atoms with van der Waals surface area (Å²) in [6.07, 6.45) is 1.90. The molecule has 0 atom stereocenters. The van der Waals surface area contributed by atoms with Gasteiger partial charge in [0.1, 0.15) is 12.4 Å². The maximum Gasteiger partial charge on any atom is 0.261 e. The fourth-order valence-electron chi connectivity index (χ4n) is 2.73. The number of likely N-dealkylation sites (tertiary alicyclic amines) is 1. The molecule has 134 valence electrons. The zero-order valence-corrected chi connectivity index (χ0v) is 14.7. The number of ether oxygens (including phenoxy) is 1. The molecule has 1 fully saturated rings. The van der Waals surface area contributed by atoms with Gasteiger partial charge >= 0.3 is 0 Å². The van der Waals surface area contributed by atoms with Crippen LogP contribution in [0.4, 0.5) is 8.78 Å². The Kier molecular flexibility index (Phi) is 5.65. The van der Waals surface area contributed by atoms with E-state index in [1.54, 1.807) is 6.07 Å². The summed E-state index contributed by atoms with van der Waals surface area (Å²) in [5.74, 6) is -1.48. The van der Waals surface area contributed by atoms with E-state index in [0.29, 0.717) is 4.88 Å². The summed E-state index contributed by atoms with van der Waals surface area (Å²) in [5.41, 5.74) is 0.780. The Bertz CT molecular complexity index is 742. The van der Waals surface area contributed by atoms with Crippen LogP contribution >= 0.6 is 11.3 Å². The number of hydrogen-bond acceptors (Lipinski definition) is 4. The van der Waals surface area contributed by atoms with Crippen LogP contribution in [-0.4, -0.2) is 37.0 Å². The van der Waals surface area contributed by atoms with Crippen molar-refractivity contribution >= 4 is 17.2 Å². The molecular weight excluding hydrogens is 346 g/mol. The van der Waals surface area contributed by atoms with E-state index >= 15 is 0 Å². The van der Waals surface area contributed by atoms with Gasteiger partial charge in [-0.15, -0.1) is 11.3 Å². The minimum atomic E-state index is -0.740. The lowest BCUT2D eigenvalue weighted by Gasteiger charge is -2.29. The van der Waals surface area contributed by atoms with Crippen molar-refractivity contribution in [3.05, 3.63) is 51.7 Å². The average Bonchev–Trinajstić information content (AvgIpc) is 3.05. The first kappa shape index (κ1) is 17.8. The maximum atomic E-state index is 13.5. The van der Waals surface area contributed by atoms with E-state index in [9.17, 15) is 13.6 Å². The molecule has 7 heteroatoms. The van der Waals surface area contributed by atoms with Gasteiger partial charge in [0.25, 0.3) is 5.91 Å². The molecule has 0 aliphatic carbocycles. The third-order valence-corrected chi connectivity index (χ3v) is 5.20. The largest absolute Gasteiger partial charge is 0.486 e. The van der Waals surface area contributed by atoms with Crippen molar-refractivity contribution in [2.45, 2.75) is 25.5 Å². The monoisotopic (exact) mass is 366 g/mol. The lowest BCUT2D eigenvalue weighted by molar-refractivity contribution is 0.0921. The minimum Gasteiger partial charge on any atom is -0.486 e. The Hall–Kier alpha value is -1.99. The van der Waals surface area contributed by atoms with Crippen molar-refractivity contribution in [3.63, 3.8) is 0 Å². The molecule has 4 nitrogen and oxygen atoms in total. The van der Waals surface area contributed by atoms with Crippen molar-refractivity contribution in [1.29, 1.82) is 0 Å². The van der Waals surface area contributed by atoms with Crippen LogP contribution < -0.4 is 10.1 Å². The van der Waals surface area contributed by atoms with E-state index in [1.807, 2.05) is 5.38 Å². The van der Waals surface area contributed by atoms with Crippen LogP contribution in [0, 0.1) is 11.6 Å². The highest BCUT2D eigenvalue weighted by Gasteiger charge is 2.20. The Morgan fingerprint density at radius 1 is 1.32 bits per heavy atom. The zero-order valence-electron chi connectivity index (χ0n) is 13.9. The number of benzene rings is 1. The number of carbonyl (C=O) groups is 1. The van der Waals surface area contributed by atoms with Gasteiger partial charge in [-0.05, 0) is 56.6 Å². The summed E-state index contributed by atoms with van der Waals surface area (Å²) >= 11 is 1.33. The van der Waals surface area contributed by atoms with Crippen LogP contribution in [-0.2, 0) is 6.61 Å². The first-order chi connectivity index (χ1) is 12.0. The van der Waals surface area contributed by atoms with Gasteiger partial charge in [-0.1, -0.05) is 0 Å². The van der Waals surface area contributed by atoms with Crippen LogP contribution in [0.1, 0.15) is 28.1 Å². The molecule has 1 N–H and O–H groups in total. The molecule has 1 aliphatic rings. The second-order valence-electron chi connectivity index (χ2n) is 6.23. The highest BCUT2D eigenvalue weighted by atomic mass is 32.1. The number of halogens is 2. The zero-order chi connectivity index (χ0) is 17.8. The number of nitrogens with zero attached hydrogens (tertiary/aromatic N) is 1. The Balaban J connectivity index is 1.54. The molecule has 1 amide bonds.